The van der Waals surface area contributed by atoms with E-state index in [1.54, 1.807) is 0 Å². The number of nitrogens with zero attached hydrogens (tertiary/aromatic N) is 1. The summed E-state index contributed by atoms with van der Waals surface area (Å²) in [6, 6.07) is 9.65. The van der Waals surface area contributed by atoms with E-state index in [9.17, 15) is 9.90 Å². The molecule has 1 aliphatic carbocycles. The zero-order chi connectivity index (χ0) is 20.1. The molecule has 1 aromatic heterocycles. The fourth-order valence-corrected chi connectivity index (χ4v) is 4.34. The molecular formula is C22H25N3O3. The van der Waals surface area contributed by atoms with Crippen LogP contribution in [-0.4, -0.2) is 22.2 Å². The molecule has 0 unspecified atom stereocenters. The number of nitrogen functional groups attached to an aromatic ring is 2. The van der Waals surface area contributed by atoms with Crippen LogP contribution in [-0.2, 0) is 10.2 Å². The number of aryl methyl sites for hydroxylation is 1. The molecule has 0 spiro atoms. The molecule has 1 fully saturated rings. The summed E-state index contributed by atoms with van der Waals surface area (Å²) in [7, 11) is 0. The second-order valence-electron chi connectivity index (χ2n) is 8.27. The van der Waals surface area contributed by atoms with E-state index >= 15 is 0 Å². The van der Waals surface area contributed by atoms with E-state index in [2.05, 4.69) is 5.16 Å². The van der Waals surface area contributed by atoms with E-state index in [0.717, 1.165) is 33.9 Å². The third kappa shape index (κ3) is 2.85. The van der Waals surface area contributed by atoms with Crippen LogP contribution in [0, 0.1) is 6.92 Å². The highest BCUT2D eigenvalue weighted by molar-refractivity contribution is 5.99. The molecule has 3 aromatic rings. The molecule has 1 aliphatic rings. The minimum Gasteiger partial charge on any atom is -0.398 e. The van der Waals surface area contributed by atoms with Crippen LogP contribution in [0.1, 0.15) is 43.7 Å². The molecule has 28 heavy (non-hydrogen) atoms. The Hall–Kier alpha value is -2.86. The van der Waals surface area contributed by atoms with Gasteiger partial charge >= 0.3 is 0 Å². The summed E-state index contributed by atoms with van der Waals surface area (Å²) < 4.78 is 5.47. The standard InChI is InChI=1S/C22H25N3O3/c1-13-3-5-15-19(28-25-20(15)24)18(13)14-4-6-16(17(23)11-14)22(12-26)9-7-21(2,27)8-10-22/h3-6,11-12,27H,7-10,23H2,1-2H3,(H2,24,25). The molecule has 4 rings (SSSR count). The largest absolute Gasteiger partial charge is 0.398 e. The highest BCUT2D eigenvalue weighted by Gasteiger charge is 2.41. The first-order chi connectivity index (χ1) is 13.3. The van der Waals surface area contributed by atoms with Crippen molar-refractivity contribution in [3.63, 3.8) is 0 Å². The molecule has 0 radical (unpaired) electrons. The number of aromatic nitrogens is 1. The van der Waals surface area contributed by atoms with E-state index in [0.29, 0.717) is 42.8 Å². The SMILES string of the molecule is Cc1ccc2c(N)noc2c1-c1ccc(C2(C=O)CCC(C)(O)CC2)c(N)c1. The molecule has 2 aromatic carbocycles. The van der Waals surface area contributed by atoms with Gasteiger partial charge in [0, 0.05) is 11.3 Å². The van der Waals surface area contributed by atoms with E-state index in [4.69, 9.17) is 16.0 Å². The minimum atomic E-state index is -0.722. The van der Waals surface area contributed by atoms with Crippen LogP contribution in [0.15, 0.2) is 34.9 Å². The van der Waals surface area contributed by atoms with Crippen LogP contribution in [0.25, 0.3) is 22.1 Å². The molecule has 6 nitrogen and oxygen atoms in total. The van der Waals surface area contributed by atoms with Crippen LogP contribution in [0.4, 0.5) is 11.5 Å². The van der Waals surface area contributed by atoms with E-state index < -0.39 is 11.0 Å². The van der Waals surface area contributed by atoms with Gasteiger partial charge in [-0.2, -0.15) is 0 Å². The minimum absolute atomic E-state index is 0.356. The van der Waals surface area contributed by atoms with Gasteiger partial charge in [0.15, 0.2) is 11.4 Å². The molecule has 0 bridgehead atoms. The number of carbonyl (C=O) groups excluding carboxylic acids is 1. The Bertz CT molecular complexity index is 1060. The molecule has 1 saturated carbocycles. The third-order valence-electron chi connectivity index (χ3n) is 6.20. The summed E-state index contributed by atoms with van der Waals surface area (Å²) in [4.78, 5) is 12.1. The molecular weight excluding hydrogens is 354 g/mol. The van der Waals surface area contributed by atoms with Gasteiger partial charge in [-0.05, 0) is 68.4 Å². The summed E-state index contributed by atoms with van der Waals surface area (Å²) in [5.74, 6) is 0.356. The lowest BCUT2D eigenvalue weighted by Crippen LogP contribution is -2.40. The van der Waals surface area contributed by atoms with E-state index in [-0.39, 0.29) is 0 Å². The van der Waals surface area contributed by atoms with Crippen LogP contribution < -0.4 is 11.5 Å². The van der Waals surface area contributed by atoms with Gasteiger partial charge in [-0.1, -0.05) is 23.4 Å². The smallest absolute Gasteiger partial charge is 0.177 e. The number of nitrogens with two attached hydrogens (primary N) is 2. The number of hydrogen-bond acceptors (Lipinski definition) is 6. The number of rotatable bonds is 3. The second kappa shape index (κ2) is 6.34. The number of aldehydes is 1. The van der Waals surface area contributed by atoms with Gasteiger partial charge in [0.05, 0.1) is 16.4 Å². The van der Waals surface area contributed by atoms with E-state index in [1.807, 2.05) is 44.2 Å². The van der Waals surface area contributed by atoms with Gasteiger partial charge in [-0.15, -0.1) is 0 Å². The Morgan fingerprint density at radius 1 is 1.14 bits per heavy atom. The summed E-state index contributed by atoms with van der Waals surface area (Å²) in [5.41, 5.74) is 15.8. The average molecular weight is 379 g/mol. The maximum absolute atomic E-state index is 12.1. The fourth-order valence-electron chi connectivity index (χ4n) is 4.34. The van der Waals surface area contributed by atoms with Gasteiger partial charge in [0.25, 0.3) is 0 Å². The summed E-state index contributed by atoms with van der Waals surface area (Å²) in [6.45, 7) is 3.81. The number of hydrogen-bond donors (Lipinski definition) is 3. The molecule has 1 heterocycles. The lowest BCUT2D eigenvalue weighted by molar-refractivity contribution is -0.115. The number of benzene rings is 2. The summed E-state index contributed by atoms with van der Waals surface area (Å²) in [6.07, 6.45) is 3.31. The Labute approximate surface area is 163 Å². The number of aliphatic hydroxyl groups is 1. The van der Waals surface area contributed by atoms with Crippen molar-refractivity contribution in [1.29, 1.82) is 0 Å². The average Bonchev–Trinajstić information content (AvgIpc) is 3.03. The van der Waals surface area contributed by atoms with Crippen LogP contribution in [0.5, 0.6) is 0 Å². The van der Waals surface area contributed by atoms with Gasteiger partial charge in [0.2, 0.25) is 0 Å². The van der Waals surface area contributed by atoms with Crippen molar-refractivity contribution in [3.8, 4) is 11.1 Å². The molecule has 0 amide bonds. The maximum Gasteiger partial charge on any atom is 0.177 e. The van der Waals surface area contributed by atoms with Crippen LogP contribution >= 0.6 is 0 Å². The first kappa shape index (κ1) is 18.5. The summed E-state index contributed by atoms with van der Waals surface area (Å²) >= 11 is 0. The lowest BCUT2D eigenvalue weighted by atomic mass is 9.66. The van der Waals surface area contributed by atoms with Crippen molar-refractivity contribution in [2.75, 3.05) is 11.5 Å². The first-order valence-electron chi connectivity index (χ1n) is 9.50. The van der Waals surface area contributed by atoms with Gasteiger partial charge in [-0.25, -0.2) is 0 Å². The van der Waals surface area contributed by atoms with Crippen molar-refractivity contribution >= 4 is 28.8 Å². The molecule has 0 aliphatic heterocycles. The molecule has 6 heteroatoms. The van der Waals surface area contributed by atoms with E-state index in [1.165, 1.54) is 0 Å². The van der Waals surface area contributed by atoms with Crippen molar-refractivity contribution < 1.29 is 14.4 Å². The molecule has 146 valence electrons. The Morgan fingerprint density at radius 2 is 1.86 bits per heavy atom. The normalized spacial score (nSPS) is 25.1. The van der Waals surface area contributed by atoms with Crippen molar-refractivity contribution in [1.82, 2.24) is 5.16 Å². The highest BCUT2D eigenvalue weighted by atomic mass is 16.5. The van der Waals surface area contributed by atoms with Crippen LogP contribution in [0.2, 0.25) is 0 Å². The van der Waals surface area contributed by atoms with Crippen molar-refractivity contribution in [2.24, 2.45) is 0 Å². The van der Waals surface area contributed by atoms with Gasteiger partial charge in [-0.3, -0.25) is 0 Å². The molecule has 0 saturated heterocycles. The molecule has 5 N–H and O–H groups in total. The number of carbonyl (C=O) groups is 1. The topological polar surface area (TPSA) is 115 Å². The van der Waals surface area contributed by atoms with Gasteiger partial charge in [0.1, 0.15) is 6.29 Å². The number of fused-ring (bicyclic) bond motifs is 1. The monoisotopic (exact) mass is 379 g/mol. The zero-order valence-electron chi connectivity index (χ0n) is 16.2. The number of anilines is 2. The Kier molecular flexibility index (Phi) is 4.19. The Balaban J connectivity index is 1.79. The predicted octanol–water partition coefficient (Wildman–Crippen LogP) is 3.73. The first-order valence-corrected chi connectivity index (χ1v) is 9.50. The lowest BCUT2D eigenvalue weighted by Gasteiger charge is -2.40. The van der Waals surface area contributed by atoms with Gasteiger partial charge < -0.3 is 25.9 Å². The van der Waals surface area contributed by atoms with Crippen molar-refractivity contribution in [3.05, 3.63) is 41.5 Å². The highest BCUT2D eigenvalue weighted by Crippen LogP contribution is 2.45. The van der Waals surface area contributed by atoms with Crippen LogP contribution in [0.3, 0.4) is 0 Å². The van der Waals surface area contributed by atoms with Crippen molar-refractivity contribution in [2.45, 2.75) is 50.5 Å². The zero-order valence-corrected chi connectivity index (χ0v) is 16.2. The third-order valence-corrected chi connectivity index (χ3v) is 6.20. The fraction of sp³-hybridized carbons (Fsp3) is 0.364. The summed E-state index contributed by atoms with van der Waals surface area (Å²) in [5, 5.41) is 14.9. The maximum atomic E-state index is 12.1. The Morgan fingerprint density at radius 3 is 2.50 bits per heavy atom. The second-order valence-corrected chi connectivity index (χ2v) is 8.27. The molecule has 0 atom stereocenters. The predicted molar refractivity (Wildman–Crippen MR) is 110 cm³/mol. The quantitative estimate of drug-likeness (QED) is 0.472.